The topological polar surface area (TPSA) is 24.5 Å². The molecule has 17 heavy (non-hydrogen) atoms. The van der Waals surface area contributed by atoms with E-state index in [1.807, 2.05) is 14.0 Å². The molecule has 0 fully saturated rings. The molecular weight excluding hydrogens is 212 g/mol. The van der Waals surface area contributed by atoms with Crippen LogP contribution in [0, 0.1) is 0 Å². The summed E-state index contributed by atoms with van der Waals surface area (Å²) in [5.74, 6) is 0. The Bertz CT molecular complexity index is 290. The number of ether oxygens (including phenoxy) is 1. The first-order valence-electron chi connectivity index (χ1n) is 6.27. The summed E-state index contributed by atoms with van der Waals surface area (Å²) < 4.78 is 5.41. The maximum Gasteiger partial charge on any atom is 0.0593 e. The summed E-state index contributed by atoms with van der Waals surface area (Å²) in [4.78, 5) is 2.33. The van der Waals surface area contributed by atoms with Crippen molar-refractivity contribution >= 4 is 0 Å². The van der Waals surface area contributed by atoms with Gasteiger partial charge in [-0.05, 0) is 26.6 Å². The minimum absolute atomic E-state index is 0.404. The molecule has 0 spiro atoms. The van der Waals surface area contributed by atoms with Gasteiger partial charge in [0.15, 0.2) is 0 Å². The lowest BCUT2D eigenvalue weighted by Crippen LogP contribution is -2.34. The van der Waals surface area contributed by atoms with Crippen molar-refractivity contribution in [2.45, 2.75) is 13.0 Å². The summed E-state index contributed by atoms with van der Waals surface area (Å²) in [7, 11) is 4.14. The molecule has 0 saturated heterocycles. The van der Waals surface area contributed by atoms with E-state index in [1.165, 1.54) is 5.56 Å². The van der Waals surface area contributed by atoms with Crippen molar-refractivity contribution in [3.63, 3.8) is 0 Å². The molecule has 0 aliphatic carbocycles. The van der Waals surface area contributed by atoms with Gasteiger partial charge in [0.05, 0.1) is 6.61 Å². The van der Waals surface area contributed by atoms with Crippen molar-refractivity contribution in [1.29, 1.82) is 0 Å². The lowest BCUT2D eigenvalue weighted by Gasteiger charge is -2.28. The van der Waals surface area contributed by atoms with E-state index in [0.717, 1.165) is 26.3 Å². The molecular formula is C14H24N2O. The van der Waals surface area contributed by atoms with Gasteiger partial charge in [0.25, 0.3) is 0 Å². The van der Waals surface area contributed by atoms with E-state index >= 15 is 0 Å². The van der Waals surface area contributed by atoms with Crippen LogP contribution >= 0.6 is 0 Å². The molecule has 3 heteroatoms. The molecule has 1 aromatic carbocycles. The highest BCUT2D eigenvalue weighted by Gasteiger charge is 2.15. The third-order valence-electron chi connectivity index (χ3n) is 2.91. The van der Waals surface area contributed by atoms with Crippen LogP contribution in [0.5, 0.6) is 0 Å². The highest BCUT2D eigenvalue weighted by Crippen LogP contribution is 2.17. The molecule has 0 saturated carbocycles. The van der Waals surface area contributed by atoms with Crippen molar-refractivity contribution in [3.8, 4) is 0 Å². The van der Waals surface area contributed by atoms with Crippen molar-refractivity contribution < 1.29 is 4.74 Å². The monoisotopic (exact) mass is 236 g/mol. The van der Waals surface area contributed by atoms with Crippen LogP contribution in [0.2, 0.25) is 0 Å². The third kappa shape index (κ3) is 4.86. The van der Waals surface area contributed by atoms with Crippen LogP contribution in [0.25, 0.3) is 0 Å². The summed E-state index contributed by atoms with van der Waals surface area (Å²) in [6.45, 7) is 5.51. The maximum absolute atomic E-state index is 5.41. The molecule has 0 bridgehead atoms. The van der Waals surface area contributed by atoms with Gasteiger partial charge in [-0.15, -0.1) is 0 Å². The van der Waals surface area contributed by atoms with Crippen LogP contribution in [-0.2, 0) is 4.74 Å². The normalized spacial score (nSPS) is 12.9. The Hall–Kier alpha value is -0.900. The quantitative estimate of drug-likeness (QED) is 0.698. The summed E-state index contributed by atoms with van der Waals surface area (Å²) in [5, 5.41) is 3.26. The van der Waals surface area contributed by atoms with E-state index in [9.17, 15) is 0 Å². The van der Waals surface area contributed by atoms with Gasteiger partial charge in [0.1, 0.15) is 0 Å². The van der Waals surface area contributed by atoms with Gasteiger partial charge in [-0.1, -0.05) is 30.3 Å². The second-order valence-electron chi connectivity index (χ2n) is 4.16. The number of rotatable bonds is 8. The number of hydrogen-bond acceptors (Lipinski definition) is 3. The minimum Gasteiger partial charge on any atom is -0.380 e. The number of benzene rings is 1. The van der Waals surface area contributed by atoms with Gasteiger partial charge in [0.2, 0.25) is 0 Å². The molecule has 0 aliphatic heterocycles. The van der Waals surface area contributed by atoms with E-state index in [0.29, 0.717) is 6.04 Å². The molecule has 3 nitrogen and oxygen atoms in total. The van der Waals surface area contributed by atoms with Crippen molar-refractivity contribution in [1.82, 2.24) is 10.2 Å². The molecule has 0 amide bonds. The second kappa shape index (κ2) is 8.23. The molecule has 96 valence electrons. The van der Waals surface area contributed by atoms with E-state index in [-0.39, 0.29) is 0 Å². The minimum atomic E-state index is 0.404. The third-order valence-corrected chi connectivity index (χ3v) is 2.91. The van der Waals surface area contributed by atoms with Crippen LogP contribution in [0.15, 0.2) is 30.3 Å². The van der Waals surface area contributed by atoms with Gasteiger partial charge in [-0.2, -0.15) is 0 Å². The molecule has 0 aromatic heterocycles. The Balaban J connectivity index is 2.58. The zero-order valence-electron chi connectivity index (χ0n) is 11.1. The molecule has 1 unspecified atom stereocenters. The Morgan fingerprint density at radius 3 is 2.59 bits per heavy atom. The van der Waals surface area contributed by atoms with Crippen LogP contribution < -0.4 is 5.32 Å². The second-order valence-corrected chi connectivity index (χ2v) is 4.16. The highest BCUT2D eigenvalue weighted by atomic mass is 16.5. The Morgan fingerprint density at radius 2 is 2.00 bits per heavy atom. The number of nitrogens with zero attached hydrogens (tertiary/aromatic N) is 1. The summed E-state index contributed by atoms with van der Waals surface area (Å²) in [6, 6.07) is 11.0. The Morgan fingerprint density at radius 1 is 1.29 bits per heavy atom. The van der Waals surface area contributed by atoms with Gasteiger partial charge >= 0.3 is 0 Å². The average molecular weight is 236 g/mol. The SMILES string of the molecule is CCOCCN(C)C(CNC)c1ccccc1. The fraction of sp³-hybridized carbons (Fsp3) is 0.571. The predicted octanol–water partition coefficient (Wildman–Crippen LogP) is 1.92. The van der Waals surface area contributed by atoms with Crippen LogP contribution in [0.4, 0.5) is 0 Å². The number of likely N-dealkylation sites (N-methyl/N-ethyl adjacent to an activating group) is 2. The summed E-state index contributed by atoms with van der Waals surface area (Å²) >= 11 is 0. The molecule has 1 aromatic rings. The van der Waals surface area contributed by atoms with E-state index < -0.39 is 0 Å². The fourth-order valence-electron chi connectivity index (χ4n) is 1.91. The predicted molar refractivity (Wildman–Crippen MR) is 72.2 cm³/mol. The summed E-state index contributed by atoms with van der Waals surface area (Å²) in [5.41, 5.74) is 1.35. The zero-order chi connectivity index (χ0) is 12.5. The molecule has 0 aliphatic rings. The van der Waals surface area contributed by atoms with Crippen LogP contribution in [-0.4, -0.2) is 45.3 Å². The standard InChI is InChI=1S/C14H24N2O/c1-4-17-11-10-16(3)14(12-15-2)13-8-6-5-7-9-13/h5-9,14-15H,4,10-12H2,1-3H3. The molecule has 0 heterocycles. The van der Waals surface area contributed by atoms with E-state index in [4.69, 9.17) is 4.74 Å². The maximum atomic E-state index is 5.41. The first-order chi connectivity index (χ1) is 8.29. The van der Waals surface area contributed by atoms with Gasteiger partial charge in [-0.3, -0.25) is 4.90 Å². The lowest BCUT2D eigenvalue weighted by molar-refractivity contribution is 0.107. The highest BCUT2D eigenvalue weighted by molar-refractivity contribution is 5.19. The Labute approximate surface area is 105 Å². The van der Waals surface area contributed by atoms with Gasteiger partial charge < -0.3 is 10.1 Å². The largest absolute Gasteiger partial charge is 0.380 e. The molecule has 1 rings (SSSR count). The molecule has 1 atom stereocenters. The number of hydrogen-bond donors (Lipinski definition) is 1. The first kappa shape index (κ1) is 14.2. The van der Waals surface area contributed by atoms with Gasteiger partial charge in [-0.25, -0.2) is 0 Å². The van der Waals surface area contributed by atoms with Crippen molar-refractivity contribution in [2.75, 3.05) is 40.4 Å². The number of nitrogens with one attached hydrogen (secondary N) is 1. The van der Waals surface area contributed by atoms with E-state index in [2.05, 4.69) is 47.6 Å². The smallest absolute Gasteiger partial charge is 0.0593 e. The Kier molecular flexibility index (Phi) is 6.86. The lowest BCUT2D eigenvalue weighted by atomic mass is 10.1. The molecule has 1 N–H and O–H groups in total. The zero-order valence-corrected chi connectivity index (χ0v) is 11.1. The summed E-state index contributed by atoms with van der Waals surface area (Å²) in [6.07, 6.45) is 0. The van der Waals surface area contributed by atoms with E-state index in [1.54, 1.807) is 0 Å². The van der Waals surface area contributed by atoms with Crippen molar-refractivity contribution in [2.24, 2.45) is 0 Å². The van der Waals surface area contributed by atoms with Crippen molar-refractivity contribution in [3.05, 3.63) is 35.9 Å². The van der Waals surface area contributed by atoms with Gasteiger partial charge in [0, 0.05) is 25.7 Å². The van der Waals surface area contributed by atoms with Crippen LogP contribution in [0.3, 0.4) is 0 Å². The fourth-order valence-corrected chi connectivity index (χ4v) is 1.91. The first-order valence-corrected chi connectivity index (χ1v) is 6.27. The van der Waals surface area contributed by atoms with Crippen LogP contribution in [0.1, 0.15) is 18.5 Å². The average Bonchev–Trinajstić information content (AvgIpc) is 2.37. The molecule has 0 radical (unpaired) electrons.